The second-order valence-electron chi connectivity index (χ2n) is 5.74. The van der Waals surface area contributed by atoms with Gasteiger partial charge in [-0.15, -0.1) is 0 Å². The fourth-order valence-corrected chi connectivity index (χ4v) is 3.19. The van der Waals surface area contributed by atoms with E-state index < -0.39 is 0 Å². The zero-order chi connectivity index (χ0) is 14.5. The molecule has 2 heteroatoms. The molecule has 0 spiro atoms. The van der Waals surface area contributed by atoms with Gasteiger partial charge in [-0.3, -0.25) is 0 Å². The maximum Gasteiger partial charge on any atom is 0.0630 e. The molecule has 5 aromatic rings. The summed E-state index contributed by atoms with van der Waals surface area (Å²) in [5.41, 5.74) is 4.59. The molecule has 0 aliphatic heterocycles. The molecular formula is C20H14N2. The van der Waals surface area contributed by atoms with E-state index in [0.717, 1.165) is 11.4 Å². The summed E-state index contributed by atoms with van der Waals surface area (Å²) in [6, 6.07) is 25.7. The minimum absolute atomic E-state index is 1.13. The lowest BCUT2D eigenvalue weighted by molar-refractivity contribution is 1.38. The first-order chi connectivity index (χ1) is 10.9. The van der Waals surface area contributed by atoms with Crippen molar-refractivity contribution >= 4 is 32.6 Å². The highest BCUT2D eigenvalue weighted by molar-refractivity contribution is 5.99. The van der Waals surface area contributed by atoms with E-state index >= 15 is 0 Å². The smallest absolute Gasteiger partial charge is 0.0630 e. The molecular weight excluding hydrogens is 268 g/mol. The van der Waals surface area contributed by atoms with Gasteiger partial charge in [0, 0.05) is 21.8 Å². The minimum atomic E-state index is 1.13. The third-order valence-corrected chi connectivity index (χ3v) is 4.31. The Kier molecular flexibility index (Phi) is 2.25. The van der Waals surface area contributed by atoms with Gasteiger partial charge in [0.15, 0.2) is 0 Å². The maximum absolute atomic E-state index is 3.53. The molecule has 0 aliphatic carbocycles. The summed E-state index contributed by atoms with van der Waals surface area (Å²) in [7, 11) is 0. The first kappa shape index (κ1) is 11.6. The third-order valence-electron chi connectivity index (χ3n) is 4.31. The summed E-state index contributed by atoms with van der Waals surface area (Å²) in [4.78, 5) is 7.02. The summed E-state index contributed by atoms with van der Waals surface area (Å²) >= 11 is 0. The first-order valence-electron chi connectivity index (χ1n) is 7.46. The number of fused-ring (bicyclic) bond motifs is 3. The lowest BCUT2D eigenvalue weighted by Crippen LogP contribution is -1.75. The number of nitrogens with one attached hydrogen (secondary N) is 2. The number of benzene rings is 3. The van der Waals surface area contributed by atoms with Crippen molar-refractivity contribution < 1.29 is 0 Å². The molecule has 104 valence electrons. The molecule has 0 fully saturated rings. The third kappa shape index (κ3) is 1.67. The van der Waals surface area contributed by atoms with Crippen LogP contribution < -0.4 is 0 Å². The molecule has 0 saturated carbocycles. The summed E-state index contributed by atoms with van der Waals surface area (Å²) in [6.45, 7) is 0. The molecule has 2 aromatic heterocycles. The molecule has 5 rings (SSSR count). The summed E-state index contributed by atoms with van der Waals surface area (Å²) in [6.07, 6.45) is 0. The van der Waals surface area contributed by atoms with Crippen molar-refractivity contribution in [3.05, 3.63) is 72.8 Å². The van der Waals surface area contributed by atoms with E-state index in [1.807, 2.05) is 0 Å². The van der Waals surface area contributed by atoms with Crippen LogP contribution in [0.15, 0.2) is 72.8 Å². The highest BCUT2D eigenvalue weighted by Crippen LogP contribution is 2.29. The van der Waals surface area contributed by atoms with E-state index in [4.69, 9.17) is 0 Å². The van der Waals surface area contributed by atoms with Crippen LogP contribution in [0.3, 0.4) is 0 Å². The summed E-state index contributed by atoms with van der Waals surface area (Å²) < 4.78 is 0. The molecule has 2 heterocycles. The second kappa shape index (κ2) is 4.25. The van der Waals surface area contributed by atoms with E-state index in [-0.39, 0.29) is 0 Å². The van der Waals surface area contributed by atoms with Crippen LogP contribution in [0.25, 0.3) is 44.0 Å². The highest BCUT2D eigenvalue weighted by Gasteiger charge is 2.07. The number of aromatic amines is 2. The Hall–Kier alpha value is -3.00. The predicted octanol–water partition coefficient (Wildman–Crippen LogP) is 5.47. The molecule has 0 unspecified atom stereocenters. The lowest BCUT2D eigenvalue weighted by atomic mass is 10.1. The Bertz CT molecular complexity index is 1040. The molecule has 0 radical (unpaired) electrons. The Morgan fingerprint density at radius 3 is 1.82 bits per heavy atom. The largest absolute Gasteiger partial charge is 0.353 e. The second-order valence-corrected chi connectivity index (χ2v) is 5.74. The van der Waals surface area contributed by atoms with Gasteiger partial charge in [0.2, 0.25) is 0 Å². The fraction of sp³-hybridized carbons (Fsp3) is 0. The molecule has 0 saturated heterocycles. The summed E-state index contributed by atoms with van der Waals surface area (Å²) in [5.74, 6) is 0. The first-order valence-corrected chi connectivity index (χ1v) is 7.46. The van der Waals surface area contributed by atoms with Gasteiger partial charge in [-0.1, -0.05) is 42.5 Å². The molecule has 0 amide bonds. The lowest BCUT2D eigenvalue weighted by Gasteiger charge is -1.96. The Labute approximate surface area is 127 Å². The van der Waals surface area contributed by atoms with Gasteiger partial charge in [0.25, 0.3) is 0 Å². The maximum atomic E-state index is 3.53. The van der Waals surface area contributed by atoms with Crippen LogP contribution in [-0.4, -0.2) is 9.97 Å². The van der Waals surface area contributed by atoms with Crippen LogP contribution in [-0.2, 0) is 0 Å². The van der Waals surface area contributed by atoms with Gasteiger partial charge < -0.3 is 9.97 Å². The Morgan fingerprint density at radius 1 is 0.455 bits per heavy atom. The molecule has 0 aliphatic rings. The topological polar surface area (TPSA) is 31.6 Å². The number of aromatic nitrogens is 2. The van der Waals surface area contributed by atoms with Crippen molar-refractivity contribution in [1.82, 2.24) is 9.97 Å². The van der Waals surface area contributed by atoms with Crippen molar-refractivity contribution in [2.24, 2.45) is 0 Å². The number of rotatable bonds is 1. The number of para-hydroxylation sites is 1. The zero-order valence-corrected chi connectivity index (χ0v) is 11.9. The standard InChI is InChI=1S/C20H14N2/c1-2-6-14-10-18-16(9-13(14)5-1)12-20(22-18)19-11-15-7-3-4-8-17(15)21-19/h1-12,21-22H. The SMILES string of the molecule is c1ccc2cc3[nH]c(-c4cc5ccccc5[nH]4)cc3cc2c1. The van der Waals surface area contributed by atoms with Crippen molar-refractivity contribution in [2.45, 2.75) is 0 Å². The van der Waals surface area contributed by atoms with E-state index in [0.29, 0.717) is 0 Å². The normalized spacial score (nSPS) is 11.6. The minimum Gasteiger partial charge on any atom is -0.353 e. The zero-order valence-electron chi connectivity index (χ0n) is 11.9. The molecule has 0 bridgehead atoms. The van der Waals surface area contributed by atoms with Crippen LogP contribution in [0.5, 0.6) is 0 Å². The van der Waals surface area contributed by atoms with E-state index in [1.165, 1.54) is 32.6 Å². The van der Waals surface area contributed by atoms with E-state index in [9.17, 15) is 0 Å². The highest BCUT2D eigenvalue weighted by atomic mass is 14.8. The number of H-pyrrole nitrogens is 2. The molecule has 3 aromatic carbocycles. The molecule has 22 heavy (non-hydrogen) atoms. The van der Waals surface area contributed by atoms with Gasteiger partial charge in [-0.05, 0) is 41.1 Å². The van der Waals surface area contributed by atoms with Crippen molar-refractivity contribution in [3.8, 4) is 11.4 Å². The van der Waals surface area contributed by atoms with Crippen LogP contribution in [0.2, 0.25) is 0 Å². The van der Waals surface area contributed by atoms with Crippen LogP contribution in [0.1, 0.15) is 0 Å². The Morgan fingerprint density at radius 2 is 1.05 bits per heavy atom. The summed E-state index contributed by atoms with van der Waals surface area (Å²) in [5, 5.41) is 5.02. The van der Waals surface area contributed by atoms with Gasteiger partial charge in [0.1, 0.15) is 0 Å². The quantitative estimate of drug-likeness (QED) is 0.408. The van der Waals surface area contributed by atoms with E-state index in [1.54, 1.807) is 0 Å². The average molecular weight is 282 g/mol. The van der Waals surface area contributed by atoms with Crippen molar-refractivity contribution in [1.29, 1.82) is 0 Å². The molecule has 2 nitrogen and oxygen atoms in total. The average Bonchev–Trinajstić information content (AvgIpc) is 3.15. The van der Waals surface area contributed by atoms with Gasteiger partial charge in [-0.25, -0.2) is 0 Å². The predicted molar refractivity (Wildman–Crippen MR) is 93.1 cm³/mol. The number of hydrogen-bond donors (Lipinski definition) is 2. The van der Waals surface area contributed by atoms with Gasteiger partial charge in [-0.2, -0.15) is 0 Å². The van der Waals surface area contributed by atoms with Gasteiger partial charge >= 0.3 is 0 Å². The Balaban J connectivity index is 1.75. The fourth-order valence-electron chi connectivity index (χ4n) is 3.19. The molecule has 2 N–H and O–H groups in total. The van der Waals surface area contributed by atoms with Crippen LogP contribution in [0, 0.1) is 0 Å². The molecule has 0 atom stereocenters. The van der Waals surface area contributed by atoms with Crippen molar-refractivity contribution in [2.75, 3.05) is 0 Å². The van der Waals surface area contributed by atoms with Crippen molar-refractivity contribution in [3.63, 3.8) is 0 Å². The van der Waals surface area contributed by atoms with E-state index in [2.05, 4.69) is 82.8 Å². The monoisotopic (exact) mass is 282 g/mol. The van der Waals surface area contributed by atoms with Crippen LogP contribution in [0.4, 0.5) is 0 Å². The number of hydrogen-bond acceptors (Lipinski definition) is 0. The van der Waals surface area contributed by atoms with Gasteiger partial charge in [0.05, 0.1) is 11.4 Å². The van der Waals surface area contributed by atoms with Crippen LogP contribution >= 0.6 is 0 Å².